The fraction of sp³-hybridized carbons (Fsp3) is 0.462. The van der Waals surface area contributed by atoms with Crippen LogP contribution in [0, 0.1) is 6.92 Å². The number of phenolic OH excluding ortho intramolecular Hbond substituents is 1. The standard InChI is InChI=1S/C13H18ClNO2/c1-9-4-5-11(12(16)8-9)13(17)15(3)7-6-10(2)14/h4-5,8,10,16H,6-7H2,1-3H3. The maximum Gasteiger partial charge on any atom is 0.257 e. The second kappa shape index (κ2) is 5.92. The smallest absolute Gasteiger partial charge is 0.257 e. The third-order valence-electron chi connectivity index (χ3n) is 2.59. The number of aromatic hydroxyl groups is 1. The fourth-order valence-corrected chi connectivity index (χ4v) is 1.60. The first-order valence-electron chi connectivity index (χ1n) is 5.61. The van der Waals surface area contributed by atoms with E-state index >= 15 is 0 Å². The third-order valence-corrected chi connectivity index (χ3v) is 2.81. The molecule has 0 aliphatic rings. The van der Waals surface area contributed by atoms with E-state index in [2.05, 4.69) is 0 Å². The minimum atomic E-state index is -0.181. The molecule has 0 saturated carbocycles. The van der Waals surface area contributed by atoms with Crippen LogP contribution in [0.2, 0.25) is 0 Å². The molecule has 1 rings (SSSR count). The highest BCUT2D eigenvalue weighted by molar-refractivity contribution is 6.20. The second-order valence-electron chi connectivity index (χ2n) is 4.32. The molecule has 0 saturated heterocycles. The van der Waals surface area contributed by atoms with Crippen molar-refractivity contribution in [1.29, 1.82) is 0 Å². The van der Waals surface area contributed by atoms with Crippen LogP contribution < -0.4 is 0 Å². The Balaban J connectivity index is 2.75. The zero-order valence-electron chi connectivity index (χ0n) is 10.4. The van der Waals surface area contributed by atoms with Crippen LogP contribution in [0.25, 0.3) is 0 Å². The van der Waals surface area contributed by atoms with Gasteiger partial charge in [0.25, 0.3) is 5.91 Å². The quantitative estimate of drug-likeness (QED) is 0.841. The predicted octanol–water partition coefficient (Wildman–Crippen LogP) is 2.79. The van der Waals surface area contributed by atoms with Gasteiger partial charge in [-0.3, -0.25) is 4.79 Å². The Morgan fingerprint density at radius 1 is 1.53 bits per heavy atom. The number of rotatable bonds is 4. The third kappa shape index (κ3) is 3.93. The summed E-state index contributed by atoms with van der Waals surface area (Å²) in [5.41, 5.74) is 1.26. The zero-order valence-corrected chi connectivity index (χ0v) is 11.2. The highest BCUT2D eigenvalue weighted by Crippen LogP contribution is 2.20. The van der Waals surface area contributed by atoms with Crippen molar-refractivity contribution in [3.8, 4) is 5.75 Å². The summed E-state index contributed by atoms with van der Waals surface area (Å²) in [5.74, 6) is -0.152. The summed E-state index contributed by atoms with van der Waals surface area (Å²) in [5, 5.41) is 9.75. The van der Waals surface area contributed by atoms with Gasteiger partial charge >= 0.3 is 0 Å². The monoisotopic (exact) mass is 255 g/mol. The average molecular weight is 256 g/mol. The van der Waals surface area contributed by atoms with Crippen molar-refractivity contribution in [3.05, 3.63) is 29.3 Å². The first kappa shape index (κ1) is 13.8. The van der Waals surface area contributed by atoms with E-state index in [1.165, 1.54) is 0 Å². The van der Waals surface area contributed by atoms with Crippen LogP contribution in [0.1, 0.15) is 29.3 Å². The summed E-state index contributed by atoms with van der Waals surface area (Å²) >= 11 is 5.84. The minimum absolute atomic E-state index is 0.0285. The SMILES string of the molecule is Cc1ccc(C(=O)N(C)CCC(C)Cl)c(O)c1. The number of hydrogen-bond acceptors (Lipinski definition) is 2. The Hall–Kier alpha value is -1.22. The fourth-order valence-electron chi connectivity index (χ4n) is 1.50. The van der Waals surface area contributed by atoms with E-state index in [1.54, 1.807) is 24.1 Å². The van der Waals surface area contributed by atoms with Crippen LogP contribution in [0.5, 0.6) is 5.75 Å². The summed E-state index contributed by atoms with van der Waals surface area (Å²) in [6.45, 7) is 4.34. The van der Waals surface area contributed by atoms with Gasteiger partial charge < -0.3 is 10.0 Å². The first-order chi connectivity index (χ1) is 7.91. The Morgan fingerprint density at radius 3 is 2.71 bits per heavy atom. The highest BCUT2D eigenvalue weighted by Gasteiger charge is 2.15. The lowest BCUT2D eigenvalue weighted by Gasteiger charge is -2.18. The highest BCUT2D eigenvalue weighted by atomic mass is 35.5. The molecule has 0 aliphatic carbocycles. The van der Waals surface area contributed by atoms with Gasteiger partial charge in [0.05, 0.1) is 5.56 Å². The van der Waals surface area contributed by atoms with Crippen molar-refractivity contribution in [2.75, 3.05) is 13.6 Å². The number of carbonyl (C=O) groups is 1. The molecule has 4 heteroatoms. The van der Waals surface area contributed by atoms with Gasteiger partial charge in [-0.1, -0.05) is 6.07 Å². The van der Waals surface area contributed by atoms with Gasteiger partial charge in [-0.15, -0.1) is 11.6 Å². The first-order valence-corrected chi connectivity index (χ1v) is 6.04. The van der Waals surface area contributed by atoms with Gasteiger partial charge in [0.1, 0.15) is 5.75 Å². The molecule has 0 aromatic heterocycles. The van der Waals surface area contributed by atoms with E-state index in [9.17, 15) is 9.90 Å². The lowest BCUT2D eigenvalue weighted by molar-refractivity contribution is 0.0790. The van der Waals surface area contributed by atoms with Crippen molar-refractivity contribution in [3.63, 3.8) is 0 Å². The maximum absolute atomic E-state index is 12.0. The molecule has 1 aromatic rings. The zero-order chi connectivity index (χ0) is 13.0. The van der Waals surface area contributed by atoms with E-state index in [0.29, 0.717) is 12.1 Å². The van der Waals surface area contributed by atoms with Crippen molar-refractivity contribution in [2.24, 2.45) is 0 Å². The number of carbonyl (C=O) groups excluding carboxylic acids is 1. The van der Waals surface area contributed by atoms with Crippen LogP contribution in [-0.2, 0) is 0 Å². The van der Waals surface area contributed by atoms with Gasteiger partial charge in [0.15, 0.2) is 0 Å². The van der Waals surface area contributed by atoms with Crippen LogP contribution >= 0.6 is 11.6 Å². The Bertz CT molecular complexity index is 404. The second-order valence-corrected chi connectivity index (χ2v) is 5.06. The molecule has 0 aliphatic heterocycles. The number of amides is 1. The van der Waals surface area contributed by atoms with Crippen LogP contribution in [0.3, 0.4) is 0 Å². The summed E-state index contributed by atoms with van der Waals surface area (Å²) in [6, 6.07) is 5.05. The molecule has 0 fully saturated rings. The van der Waals surface area contributed by atoms with E-state index in [0.717, 1.165) is 12.0 Å². The summed E-state index contributed by atoms with van der Waals surface area (Å²) < 4.78 is 0. The normalized spacial score (nSPS) is 12.2. The summed E-state index contributed by atoms with van der Waals surface area (Å²) in [4.78, 5) is 13.6. The minimum Gasteiger partial charge on any atom is -0.507 e. The Kier molecular flexibility index (Phi) is 4.82. The molecule has 1 unspecified atom stereocenters. The van der Waals surface area contributed by atoms with E-state index in [1.807, 2.05) is 19.9 Å². The molecule has 0 radical (unpaired) electrons. The molecule has 0 heterocycles. The van der Waals surface area contributed by atoms with Crippen LogP contribution in [0.15, 0.2) is 18.2 Å². The van der Waals surface area contributed by atoms with Crippen molar-refractivity contribution < 1.29 is 9.90 Å². The van der Waals surface area contributed by atoms with Crippen LogP contribution in [0.4, 0.5) is 0 Å². The van der Waals surface area contributed by atoms with E-state index < -0.39 is 0 Å². The lowest BCUT2D eigenvalue weighted by atomic mass is 10.1. The van der Waals surface area contributed by atoms with Crippen molar-refractivity contribution in [1.82, 2.24) is 4.90 Å². The van der Waals surface area contributed by atoms with Crippen molar-refractivity contribution in [2.45, 2.75) is 25.6 Å². The molecule has 1 atom stereocenters. The molecule has 3 nitrogen and oxygen atoms in total. The van der Waals surface area contributed by atoms with Gasteiger partial charge in [-0.25, -0.2) is 0 Å². The number of nitrogens with zero attached hydrogens (tertiary/aromatic N) is 1. The maximum atomic E-state index is 12.0. The van der Waals surface area contributed by atoms with Crippen LogP contribution in [-0.4, -0.2) is 34.9 Å². The predicted molar refractivity (Wildman–Crippen MR) is 69.7 cm³/mol. The number of halogens is 1. The molecule has 1 N–H and O–H groups in total. The number of benzene rings is 1. The average Bonchev–Trinajstić information content (AvgIpc) is 2.25. The van der Waals surface area contributed by atoms with E-state index in [-0.39, 0.29) is 17.0 Å². The van der Waals surface area contributed by atoms with Gasteiger partial charge in [-0.05, 0) is 38.0 Å². The molecule has 94 valence electrons. The van der Waals surface area contributed by atoms with E-state index in [4.69, 9.17) is 11.6 Å². The molecule has 0 bridgehead atoms. The molecule has 0 spiro atoms. The summed E-state index contributed by atoms with van der Waals surface area (Å²) in [6.07, 6.45) is 0.733. The number of aryl methyl sites for hydroxylation is 1. The lowest BCUT2D eigenvalue weighted by Crippen LogP contribution is -2.28. The van der Waals surface area contributed by atoms with Gasteiger partial charge in [-0.2, -0.15) is 0 Å². The molecule has 1 amide bonds. The van der Waals surface area contributed by atoms with Gasteiger partial charge in [0, 0.05) is 19.0 Å². The topological polar surface area (TPSA) is 40.5 Å². The molecular formula is C13H18ClNO2. The number of alkyl halides is 1. The molecular weight excluding hydrogens is 238 g/mol. The summed E-state index contributed by atoms with van der Waals surface area (Å²) in [7, 11) is 1.71. The Labute approximate surface area is 107 Å². The number of phenols is 1. The van der Waals surface area contributed by atoms with Crippen molar-refractivity contribution >= 4 is 17.5 Å². The molecule has 17 heavy (non-hydrogen) atoms. The van der Waals surface area contributed by atoms with Gasteiger partial charge in [0.2, 0.25) is 0 Å². The Morgan fingerprint density at radius 2 is 2.18 bits per heavy atom. The molecule has 1 aromatic carbocycles. The largest absolute Gasteiger partial charge is 0.507 e. The number of hydrogen-bond donors (Lipinski definition) is 1.